The second kappa shape index (κ2) is 7.72. The molecular formula is C21H18ClFN2O3S. The van der Waals surface area contributed by atoms with Gasteiger partial charge in [-0.15, -0.1) is 11.8 Å². The van der Waals surface area contributed by atoms with E-state index in [1.54, 1.807) is 42.2 Å². The molecule has 4 rings (SSSR count). The van der Waals surface area contributed by atoms with Gasteiger partial charge in [0.25, 0.3) is 0 Å². The van der Waals surface area contributed by atoms with Crippen LogP contribution in [0.5, 0.6) is 0 Å². The third-order valence-electron chi connectivity index (χ3n) is 4.78. The summed E-state index contributed by atoms with van der Waals surface area (Å²) in [5, 5.41) is 0.440. The number of aromatic amines is 1. The molecule has 1 amide bonds. The number of nitrogens with one attached hydrogen (secondary N) is 1. The summed E-state index contributed by atoms with van der Waals surface area (Å²) in [6.07, 6.45) is 0. The van der Waals surface area contributed by atoms with Crippen LogP contribution in [-0.2, 0) is 9.53 Å². The highest BCUT2D eigenvalue weighted by Gasteiger charge is 2.42. The zero-order valence-corrected chi connectivity index (χ0v) is 17.3. The van der Waals surface area contributed by atoms with Crippen LogP contribution in [-0.4, -0.2) is 28.7 Å². The van der Waals surface area contributed by atoms with Crippen molar-refractivity contribution in [3.63, 3.8) is 0 Å². The van der Waals surface area contributed by atoms with E-state index in [2.05, 4.69) is 4.98 Å². The highest BCUT2D eigenvalue weighted by Crippen LogP contribution is 2.48. The summed E-state index contributed by atoms with van der Waals surface area (Å²) in [7, 11) is 0. The molecule has 1 aliphatic heterocycles. The molecule has 3 aromatic rings. The first-order chi connectivity index (χ1) is 13.9. The van der Waals surface area contributed by atoms with E-state index in [0.29, 0.717) is 16.3 Å². The Bertz CT molecular complexity index is 1100. The first-order valence-electron chi connectivity index (χ1n) is 9.13. The molecule has 8 heteroatoms. The van der Waals surface area contributed by atoms with Crippen LogP contribution in [0.4, 0.5) is 10.1 Å². The second-order valence-electron chi connectivity index (χ2n) is 6.64. The molecule has 2 heterocycles. The lowest BCUT2D eigenvalue weighted by molar-refractivity contribution is -0.117. The minimum Gasteiger partial charge on any atom is -0.461 e. The Morgan fingerprint density at radius 2 is 2.00 bits per heavy atom. The molecule has 1 N–H and O–H groups in total. The Labute approximate surface area is 176 Å². The van der Waals surface area contributed by atoms with Gasteiger partial charge in [-0.25, -0.2) is 9.18 Å². The molecule has 150 valence electrons. The van der Waals surface area contributed by atoms with Crippen molar-refractivity contribution in [2.24, 2.45) is 0 Å². The maximum Gasteiger partial charge on any atom is 0.355 e. The van der Waals surface area contributed by atoms with Gasteiger partial charge < -0.3 is 9.72 Å². The van der Waals surface area contributed by atoms with Crippen molar-refractivity contribution in [2.45, 2.75) is 24.5 Å². The lowest BCUT2D eigenvalue weighted by atomic mass is 10.1. The standard InChI is InChI=1S/C21H18ClFN2O3S/c1-3-28-21(27)18-17(15-10-12(22)4-9-16(15)24-18)20-25(19(26)11(2)29-20)14-7-5-13(23)6-8-14/h4-11,20,24H,3H2,1-2H3. The number of nitrogens with zero attached hydrogens (tertiary/aromatic N) is 1. The Balaban J connectivity index is 1.92. The zero-order chi connectivity index (χ0) is 20.7. The summed E-state index contributed by atoms with van der Waals surface area (Å²) in [5.41, 5.74) is 2.20. The summed E-state index contributed by atoms with van der Waals surface area (Å²) >= 11 is 7.64. The van der Waals surface area contributed by atoms with Crippen molar-refractivity contribution in [3.05, 3.63) is 64.6 Å². The van der Waals surface area contributed by atoms with E-state index in [-0.39, 0.29) is 29.3 Å². The summed E-state index contributed by atoms with van der Waals surface area (Å²) < 4.78 is 18.7. The van der Waals surface area contributed by atoms with Gasteiger partial charge >= 0.3 is 5.97 Å². The van der Waals surface area contributed by atoms with Gasteiger partial charge in [-0.2, -0.15) is 0 Å². The molecule has 1 aliphatic rings. The van der Waals surface area contributed by atoms with Gasteiger partial charge in [0.1, 0.15) is 16.9 Å². The third kappa shape index (κ3) is 3.49. The van der Waals surface area contributed by atoms with Crippen LogP contribution < -0.4 is 4.90 Å². The van der Waals surface area contributed by atoms with Crippen molar-refractivity contribution < 1.29 is 18.7 Å². The third-order valence-corrected chi connectivity index (χ3v) is 6.33. The van der Waals surface area contributed by atoms with E-state index in [1.165, 1.54) is 23.9 Å². The molecule has 0 bridgehead atoms. The molecule has 0 saturated carbocycles. The molecule has 1 aromatic heterocycles. The molecular weight excluding hydrogens is 415 g/mol. The van der Waals surface area contributed by atoms with Crippen LogP contribution >= 0.6 is 23.4 Å². The SMILES string of the molecule is CCOC(=O)c1[nH]c2ccc(Cl)cc2c1C1SC(C)C(=O)N1c1ccc(F)cc1. The van der Waals surface area contributed by atoms with E-state index >= 15 is 0 Å². The molecule has 2 aromatic carbocycles. The number of esters is 1. The maximum atomic E-state index is 13.4. The van der Waals surface area contributed by atoms with E-state index < -0.39 is 11.3 Å². The lowest BCUT2D eigenvalue weighted by Crippen LogP contribution is -2.30. The number of thioether (sulfide) groups is 1. The van der Waals surface area contributed by atoms with E-state index in [4.69, 9.17) is 16.3 Å². The number of carbonyl (C=O) groups is 2. The summed E-state index contributed by atoms with van der Waals surface area (Å²) in [6, 6.07) is 11.0. The molecule has 2 unspecified atom stereocenters. The molecule has 1 fully saturated rings. The number of rotatable bonds is 4. The molecule has 2 atom stereocenters. The van der Waals surface area contributed by atoms with E-state index in [0.717, 1.165) is 10.9 Å². The van der Waals surface area contributed by atoms with Crippen LogP contribution in [0.1, 0.15) is 35.3 Å². The van der Waals surface area contributed by atoms with E-state index in [1.807, 2.05) is 6.92 Å². The Morgan fingerprint density at radius 3 is 2.69 bits per heavy atom. The summed E-state index contributed by atoms with van der Waals surface area (Å²) in [4.78, 5) is 30.4. The number of hydrogen-bond acceptors (Lipinski definition) is 4. The van der Waals surface area contributed by atoms with Crippen molar-refractivity contribution >= 4 is 51.8 Å². The molecule has 5 nitrogen and oxygen atoms in total. The van der Waals surface area contributed by atoms with Crippen LogP contribution in [0.3, 0.4) is 0 Å². The minimum absolute atomic E-state index is 0.113. The fourth-order valence-electron chi connectivity index (χ4n) is 3.49. The van der Waals surface area contributed by atoms with Gasteiger partial charge in [-0.1, -0.05) is 11.6 Å². The first-order valence-corrected chi connectivity index (χ1v) is 10.4. The number of benzene rings is 2. The second-order valence-corrected chi connectivity index (χ2v) is 8.50. The summed E-state index contributed by atoms with van der Waals surface area (Å²) in [6.45, 7) is 3.77. The number of H-pyrrole nitrogens is 1. The largest absolute Gasteiger partial charge is 0.461 e. The van der Waals surface area contributed by atoms with Crippen molar-refractivity contribution in [3.8, 4) is 0 Å². The normalized spacial score (nSPS) is 19.2. The van der Waals surface area contributed by atoms with Crippen LogP contribution in [0.2, 0.25) is 5.02 Å². The van der Waals surface area contributed by atoms with Gasteiger partial charge in [0.15, 0.2) is 0 Å². The first kappa shape index (κ1) is 19.8. The van der Waals surface area contributed by atoms with Gasteiger partial charge in [0.05, 0.1) is 11.9 Å². The fourth-order valence-corrected chi connectivity index (χ4v) is 5.01. The van der Waals surface area contributed by atoms with Crippen molar-refractivity contribution in [2.75, 3.05) is 11.5 Å². The topological polar surface area (TPSA) is 62.4 Å². The molecule has 0 aliphatic carbocycles. The zero-order valence-electron chi connectivity index (χ0n) is 15.7. The fraction of sp³-hybridized carbons (Fsp3) is 0.238. The average molecular weight is 433 g/mol. The lowest BCUT2D eigenvalue weighted by Gasteiger charge is -2.24. The monoisotopic (exact) mass is 432 g/mol. The number of fused-ring (bicyclic) bond motifs is 1. The number of anilines is 1. The quantitative estimate of drug-likeness (QED) is 0.568. The minimum atomic E-state index is -0.499. The van der Waals surface area contributed by atoms with E-state index in [9.17, 15) is 14.0 Å². The highest BCUT2D eigenvalue weighted by atomic mass is 35.5. The van der Waals surface area contributed by atoms with Gasteiger partial charge in [-0.05, 0) is 56.3 Å². The van der Waals surface area contributed by atoms with Crippen LogP contribution in [0.25, 0.3) is 10.9 Å². The predicted molar refractivity (Wildman–Crippen MR) is 113 cm³/mol. The van der Waals surface area contributed by atoms with Gasteiger partial charge in [0, 0.05) is 27.2 Å². The maximum absolute atomic E-state index is 13.4. The molecule has 0 spiro atoms. The van der Waals surface area contributed by atoms with Crippen LogP contribution in [0.15, 0.2) is 42.5 Å². The number of amides is 1. The molecule has 1 saturated heterocycles. The number of ether oxygens (including phenoxy) is 1. The number of hydrogen-bond donors (Lipinski definition) is 1. The number of aromatic nitrogens is 1. The van der Waals surface area contributed by atoms with Crippen molar-refractivity contribution in [1.82, 2.24) is 4.98 Å². The smallest absolute Gasteiger partial charge is 0.355 e. The van der Waals surface area contributed by atoms with Gasteiger partial charge in [-0.3, -0.25) is 9.69 Å². The average Bonchev–Trinajstić information content (AvgIpc) is 3.20. The highest BCUT2D eigenvalue weighted by molar-refractivity contribution is 8.01. The van der Waals surface area contributed by atoms with Gasteiger partial charge in [0.2, 0.25) is 5.91 Å². The number of halogens is 2. The molecule has 0 radical (unpaired) electrons. The Hall–Kier alpha value is -2.51. The van der Waals surface area contributed by atoms with Crippen LogP contribution in [0, 0.1) is 5.82 Å². The van der Waals surface area contributed by atoms with Crippen molar-refractivity contribution in [1.29, 1.82) is 0 Å². The number of carbonyl (C=O) groups excluding carboxylic acids is 2. The molecule has 29 heavy (non-hydrogen) atoms. The Kier molecular flexibility index (Phi) is 5.27. The Morgan fingerprint density at radius 1 is 1.28 bits per heavy atom. The predicted octanol–water partition coefficient (Wildman–Crippen LogP) is 5.30. The summed E-state index contributed by atoms with van der Waals surface area (Å²) in [5.74, 6) is -0.997.